The third-order valence-electron chi connectivity index (χ3n) is 2.31. The maximum absolute atomic E-state index is 4.18. The van der Waals surface area contributed by atoms with Crippen LogP contribution in [0.4, 0.5) is 0 Å². The first-order valence-electron chi connectivity index (χ1n) is 5.73. The molecule has 0 bridgehead atoms. The van der Waals surface area contributed by atoms with Gasteiger partial charge >= 0.3 is 99.8 Å². The molecule has 0 heterocycles. The molecule has 0 aliphatic carbocycles. The standard InChI is InChI=1S/C14H20Se/c1-3-4-5-7-10-13(2)15-14-11-8-6-9-12-14/h6,8-9,11-12H,2-5,7,10H2,1H3. The zero-order valence-electron chi connectivity index (χ0n) is 9.54. The Hall–Kier alpha value is -0.521. The Morgan fingerprint density at radius 1 is 1.13 bits per heavy atom. The van der Waals surface area contributed by atoms with E-state index < -0.39 is 0 Å². The first-order valence-corrected chi connectivity index (χ1v) is 7.45. The Kier molecular flexibility index (Phi) is 6.47. The van der Waals surface area contributed by atoms with E-state index in [9.17, 15) is 0 Å². The number of unbranched alkanes of at least 4 members (excludes halogenated alkanes) is 3. The summed E-state index contributed by atoms with van der Waals surface area (Å²) in [5, 5.41) is 0. The molecule has 0 atom stereocenters. The molecule has 0 aliphatic heterocycles. The predicted octanol–water partition coefficient (Wildman–Crippen LogP) is 3.50. The fraction of sp³-hybridized carbons (Fsp3) is 0.429. The van der Waals surface area contributed by atoms with Gasteiger partial charge < -0.3 is 0 Å². The summed E-state index contributed by atoms with van der Waals surface area (Å²) in [6.07, 6.45) is 6.58. The summed E-state index contributed by atoms with van der Waals surface area (Å²) in [5.41, 5.74) is 0. The van der Waals surface area contributed by atoms with E-state index in [4.69, 9.17) is 0 Å². The molecular weight excluding hydrogens is 247 g/mol. The number of rotatable bonds is 7. The molecule has 0 spiro atoms. The topological polar surface area (TPSA) is 0 Å². The van der Waals surface area contributed by atoms with Gasteiger partial charge in [0.2, 0.25) is 0 Å². The quantitative estimate of drug-likeness (QED) is 0.524. The van der Waals surface area contributed by atoms with Crippen LogP contribution in [-0.4, -0.2) is 15.0 Å². The summed E-state index contributed by atoms with van der Waals surface area (Å²) in [4.78, 5) is 0. The SMILES string of the molecule is C=C(CCCCCC)[Se]c1ccccc1. The van der Waals surface area contributed by atoms with Crippen LogP contribution in [0, 0.1) is 0 Å². The molecule has 0 saturated carbocycles. The van der Waals surface area contributed by atoms with Crippen LogP contribution in [0.2, 0.25) is 0 Å². The van der Waals surface area contributed by atoms with Crippen molar-refractivity contribution in [2.24, 2.45) is 0 Å². The van der Waals surface area contributed by atoms with E-state index in [0.717, 1.165) is 0 Å². The van der Waals surface area contributed by atoms with Crippen molar-refractivity contribution in [1.82, 2.24) is 0 Å². The van der Waals surface area contributed by atoms with Crippen molar-refractivity contribution >= 4 is 19.4 Å². The molecular formula is C14H20Se. The molecule has 1 aromatic rings. The van der Waals surface area contributed by atoms with Gasteiger partial charge in [0.05, 0.1) is 0 Å². The summed E-state index contributed by atoms with van der Waals surface area (Å²) >= 11 is 0.480. The molecule has 0 unspecified atom stereocenters. The second-order valence-corrected chi connectivity index (χ2v) is 6.39. The van der Waals surface area contributed by atoms with E-state index >= 15 is 0 Å². The normalized spacial score (nSPS) is 10.2. The van der Waals surface area contributed by atoms with Gasteiger partial charge in [0.1, 0.15) is 0 Å². The molecule has 15 heavy (non-hydrogen) atoms. The Balaban J connectivity index is 2.19. The molecule has 0 saturated heterocycles. The van der Waals surface area contributed by atoms with Crippen molar-refractivity contribution in [2.75, 3.05) is 0 Å². The van der Waals surface area contributed by atoms with E-state index in [-0.39, 0.29) is 0 Å². The summed E-state index contributed by atoms with van der Waals surface area (Å²) in [6, 6.07) is 10.7. The van der Waals surface area contributed by atoms with E-state index in [1.165, 1.54) is 41.0 Å². The van der Waals surface area contributed by atoms with Crippen LogP contribution in [0.1, 0.15) is 39.0 Å². The monoisotopic (exact) mass is 268 g/mol. The third-order valence-corrected chi connectivity index (χ3v) is 4.41. The number of hydrogen-bond donors (Lipinski definition) is 0. The second kappa shape index (κ2) is 7.73. The van der Waals surface area contributed by atoms with Crippen molar-refractivity contribution in [2.45, 2.75) is 39.0 Å². The molecule has 0 amide bonds. The summed E-state index contributed by atoms with van der Waals surface area (Å²) in [5.74, 6) is 0. The van der Waals surface area contributed by atoms with Crippen molar-refractivity contribution in [3.05, 3.63) is 41.4 Å². The van der Waals surface area contributed by atoms with Crippen molar-refractivity contribution in [3.63, 3.8) is 0 Å². The molecule has 1 rings (SSSR count). The van der Waals surface area contributed by atoms with Crippen LogP contribution in [0.15, 0.2) is 41.4 Å². The predicted molar refractivity (Wildman–Crippen MR) is 69.7 cm³/mol. The van der Waals surface area contributed by atoms with Crippen LogP contribution in [-0.2, 0) is 0 Å². The third kappa shape index (κ3) is 5.81. The van der Waals surface area contributed by atoms with Gasteiger partial charge in [-0.3, -0.25) is 0 Å². The first kappa shape index (κ1) is 12.5. The average molecular weight is 267 g/mol. The number of hydrogen-bond acceptors (Lipinski definition) is 0. The van der Waals surface area contributed by atoms with Crippen LogP contribution in [0.5, 0.6) is 0 Å². The van der Waals surface area contributed by atoms with Gasteiger partial charge in [-0.2, -0.15) is 0 Å². The van der Waals surface area contributed by atoms with Crippen LogP contribution >= 0.6 is 0 Å². The minimum atomic E-state index is 0.480. The minimum absolute atomic E-state index is 0.480. The van der Waals surface area contributed by atoms with E-state index in [1.54, 1.807) is 0 Å². The van der Waals surface area contributed by atoms with Crippen molar-refractivity contribution in [3.8, 4) is 0 Å². The van der Waals surface area contributed by atoms with E-state index in [2.05, 4.69) is 43.8 Å². The molecule has 0 fully saturated rings. The Bertz CT molecular complexity index is 277. The van der Waals surface area contributed by atoms with Crippen LogP contribution in [0.3, 0.4) is 0 Å². The maximum atomic E-state index is 4.18. The fourth-order valence-electron chi connectivity index (χ4n) is 1.46. The molecule has 0 radical (unpaired) electrons. The van der Waals surface area contributed by atoms with E-state index in [1.807, 2.05) is 0 Å². The molecule has 1 heteroatoms. The molecule has 82 valence electrons. The van der Waals surface area contributed by atoms with Gasteiger partial charge in [-0.05, 0) is 0 Å². The van der Waals surface area contributed by atoms with Gasteiger partial charge in [-0.1, -0.05) is 0 Å². The van der Waals surface area contributed by atoms with Gasteiger partial charge in [-0.15, -0.1) is 0 Å². The zero-order valence-corrected chi connectivity index (χ0v) is 11.3. The number of allylic oxidation sites excluding steroid dienone is 1. The van der Waals surface area contributed by atoms with Gasteiger partial charge in [-0.25, -0.2) is 0 Å². The fourth-order valence-corrected chi connectivity index (χ4v) is 3.29. The van der Waals surface area contributed by atoms with Gasteiger partial charge in [0.25, 0.3) is 0 Å². The molecule has 0 aromatic heterocycles. The molecule has 0 nitrogen and oxygen atoms in total. The summed E-state index contributed by atoms with van der Waals surface area (Å²) in [7, 11) is 0. The summed E-state index contributed by atoms with van der Waals surface area (Å²) in [6.45, 7) is 6.43. The molecule has 0 N–H and O–H groups in total. The van der Waals surface area contributed by atoms with Crippen molar-refractivity contribution < 1.29 is 0 Å². The molecule has 1 aromatic carbocycles. The van der Waals surface area contributed by atoms with Crippen molar-refractivity contribution in [1.29, 1.82) is 0 Å². The first-order chi connectivity index (χ1) is 7.33. The second-order valence-electron chi connectivity index (χ2n) is 3.76. The Morgan fingerprint density at radius 3 is 2.53 bits per heavy atom. The van der Waals surface area contributed by atoms with Gasteiger partial charge in [0.15, 0.2) is 0 Å². The van der Waals surface area contributed by atoms with Crippen LogP contribution in [0.25, 0.3) is 0 Å². The number of benzene rings is 1. The zero-order chi connectivity index (χ0) is 10.9. The molecule has 0 aliphatic rings. The van der Waals surface area contributed by atoms with Gasteiger partial charge in [0, 0.05) is 0 Å². The van der Waals surface area contributed by atoms with Crippen LogP contribution < -0.4 is 4.46 Å². The van der Waals surface area contributed by atoms with E-state index in [0.29, 0.717) is 15.0 Å². The average Bonchev–Trinajstić information content (AvgIpc) is 2.26. The summed E-state index contributed by atoms with van der Waals surface area (Å²) < 4.78 is 2.88. The Morgan fingerprint density at radius 2 is 1.87 bits per heavy atom. The Labute approximate surface area is 99.9 Å².